The number of hydrogen-bond donors (Lipinski definition) is 0. The molecule has 0 aromatic heterocycles. The van der Waals surface area contributed by atoms with E-state index >= 15 is 0 Å². The summed E-state index contributed by atoms with van der Waals surface area (Å²) in [5.41, 5.74) is 4.94. The molecule has 0 unspecified atom stereocenters. The second kappa shape index (κ2) is 50.2. The van der Waals surface area contributed by atoms with Gasteiger partial charge in [-0.25, -0.2) is 0 Å². The third-order valence-electron chi connectivity index (χ3n) is 7.72. The minimum Gasteiger partial charge on any atom is -1.00 e. The van der Waals surface area contributed by atoms with E-state index in [2.05, 4.69) is 0 Å². The van der Waals surface area contributed by atoms with Crippen LogP contribution in [0.15, 0.2) is 52.2 Å². The third kappa shape index (κ3) is 42.2. The number of ether oxygens (including phenoxy) is 14. The molecule has 5 saturated heterocycles. The van der Waals surface area contributed by atoms with E-state index in [0.717, 1.165) is 34.3 Å². The minimum atomic E-state index is -0.810. The van der Waals surface area contributed by atoms with Crippen LogP contribution in [-0.2, 0) is 80.7 Å². The Morgan fingerprint density at radius 1 is 0.575 bits per heavy atom. The number of nitrogens with zero attached hydrogens (tertiary/aromatic N) is 2. The molecule has 0 saturated carbocycles. The van der Waals surface area contributed by atoms with Gasteiger partial charge in [0.2, 0.25) is 60.9 Å². The number of carbonyl (C=O) groups is 3. The Morgan fingerprint density at radius 3 is 1.25 bits per heavy atom. The Balaban J connectivity index is -0.000000250. The summed E-state index contributed by atoms with van der Waals surface area (Å²) in [6, 6.07) is 3.68. The number of rotatable bonds is 16. The summed E-state index contributed by atoms with van der Waals surface area (Å²) in [5.74, 6) is -1.11. The minimum absolute atomic E-state index is 0. The number of nitriles is 2. The molecular weight excluding hydrogens is 1030 g/mol. The van der Waals surface area contributed by atoms with Gasteiger partial charge in [-0.1, -0.05) is 43.6 Å². The fourth-order valence-corrected chi connectivity index (χ4v) is 5.33. The summed E-state index contributed by atoms with van der Waals surface area (Å²) in [7, 11) is 0. The van der Waals surface area contributed by atoms with Crippen LogP contribution in [0, 0.1) is 29.2 Å². The Labute approximate surface area is 464 Å². The second-order valence-corrected chi connectivity index (χ2v) is 16.0. The zero-order valence-electron chi connectivity index (χ0n) is 45.4. The monoisotopic (exact) mass is 1110 g/mol. The summed E-state index contributed by atoms with van der Waals surface area (Å²) in [6.45, 7) is 39.1. The molecule has 0 atom stereocenters. The Kier molecular flexibility index (Phi) is 54.5. The molecule has 5 aliphatic heterocycles. The van der Waals surface area contributed by atoms with Crippen LogP contribution >= 0.6 is 0 Å². The van der Waals surface area contributed by atoms with Gasteiger partial charge in [-0.2, -0.15) is 10.5 Å². The van der Waals surface area contributed by atoms with Gasteiger partial charge in [0.05, 0.1) is 66.1 Å². The first kappa shape index (κ1) is 79.3. The van der Waals surface area contributed by atoms with E-state index in [0.29, 0.717) is 92.5 Å². The zero-order valence-corrected chi connectivity index (χ0v) is 48.4. The van der Waals surface area contributed by atoms with Gasteiger partial charge in [-0.3, -0.25) is 20.0 Å². The van der Waals surface area contributed by atoms with Gasteiger partial charge in [0.25, 0.3) is 0 Å². The smallest absolute Gasteiger partial charge is 1.00 e. The first-order valence-corrected chi connectivity index (χ1v) is 23.5. The van der Waals surface area contributed by atoms with Crippen molar-refractivity contribution in [2.45, 2.75) is 154 Å². The van der Waals surface area contributed by atoms with Crippen molar-refractivity contribution >= 4 is 40.4 Å². The molecule has 21 heteroatoms. The van der Waals surface area contributed by atoms with Crippen LogP contribution in [0.4, 0.5) is 0 Å². The maximum Gasteiger partial charge on any atom is 2.00 e. The molecule has 0 N–H and O–H groups in total. The maximum atomic E-state index is 11.4. The Bertz CT molecular complexity index is 1640. The fourth-order valence-electron chi connectivity index (χ4n) is 5.33. The van der Waals surface area contributed by atoms with Gasteiger partial charge in [0.15, 0.2) is 0 Å². The van der Waals surface area contributed by atoms with Crippen molar-refractivity contribution in [2.24, 2.45) is 0 Å². The van der Waals surface area contributed by atoms with E-state index in [1.165, 1.54) is 12.2 Å². The van der Waals surface area contributed by atoms with Gasteiger partial charge >= 0.3 is 23.1 Å². The summed E-state index contributed by atoms with van der Waals surface area (Å²) < 4.78 is 71.7. The molecule has 5 rings (SSSR count). The molecule has 19 nitrogen and oxygen atoms in total. The first-order chi connectivity index (χ1) is 33.2. The summed E-state index contributed by atoms with van der Waals surface area (Å²) in [4.78, 5) is 33.8. The molecule has 0 radical (unpaired) electrons. The fraction of sp³-hybridized carbons (Fsp3) is 0.712. The molecule has 73 heavy (non-hydrogen) atoms. The van der Waals surface area contributed by atoms with Gasteiger partial charge in [0.1, 0.15) is 12.1 Å². The largest absolute Gasteiger partial charge is 2.00 e. The third-order valence-corrected chi connectivity index (χ3v) is 7.72. The predicted octanol–water partition coefficient (Wildman–Crippen LogP) is 4.61. The maximum absolute atomic E-state index is 11.4. The van der Waals surface area contributed by atoms with Crippen LogP contribution in [0.1, 0.15) is 111 Å². The van der Waals surface area contributed by atoms with Crippen LogP contribution in [0.2, 0.25) is 0 Å². The van der Waals surface area contributed by atoms with Crippen molar-refractivity contribution in [3.05, 3.63) is 58.7 Å². The van der Waals surface area contributed by atoms with E-state index in [1.807, 2.05) is 115 Å². The molecule has 0 bridgehead atoms. The van der Waals surface area contributed by atoms with Crippen molar-refractivity contribution in [3.8, 4) is 12.1 Å². The van der Waals surface area contributed by atoms with Crippen molar-refractivity contribution < 1.29 is 97.7 Å². The van der Waals surface area contributed by atoms with Crippen LogP contribution in [0.5, 0.6) is 0 Å². The van der Waals surface area contributed by atoms with Crippen LogP contribution in [0.3, 0.4) is 0 Å². The molecular formula is C52H87BrMgN2O17. The molecule has 0 amide bonds. The van der Waals surface area contributed by atoms with Crippen molar-refractivity contribution in [2.75, 3.05) is 92.5 Å². The number of allylic oxidation sites excluding steroid dienone is 5. The van der Waals surface area contributed by atoms with E-state index in [-0.39, 0.29) is 64.8 Å². The zero-order chi connectivity index (χ0) is 53.3. The molecule has 5 heterocycles. The molecule has 0 aliphatic carbocycles. The number of hydrogen-bond acceptors (Lipinski definition) is 19. The number of carbonyl (C=O) groups excluding carboxylic acids is 3. The predicted molar refractivity (Wildman–Crippen MR) is 272 cm³/mol. The van der Waals surface area contributed by atoms with E-state index in [9.17, 15) is 14.4 Å². The van der Waals surface area contributed by atoms with E-state index < -0.39 is 43.5 Å². The summed E-state index contributed by atoms with van der Waals surface area (Å²) in [5, 5.41) is 16.4. The first-order valence-electron chi connectivity index (χ1n) is 23.5. The van der Waals surface area contributed by atoms with E-state index in [4.69, 9.17) is 83.4 Å². The SMILES string of the molecule is C.CC(C)=CC(=O)C1OCCCO1.CC(C)=CC(=O)C1OCCO1.CC(C)=CC1(C2OCCO2)OCCO1.CCOC(C#N)OCC.CCOC(OCC)C(=O)C=C(C)C.N#CC1OCCO1.[Br-].[CH-]=C(C)C.[Mg+2]. The molecule has 0 aromatic carbocycles. The van der Waals surface area contributed by atoms with Crippen molar-refractivity contribution in [1.82, 2.24) is 0 Å². The van der Waals surface area contributed by atoms with Crippen LogP contribution in [0.25, 0.3) is 0 Å². The Hall–Kier alpha value is -2.62. The average Bonchev–Trinajstić information content (AvgIpc) is 4.16. The summed E-state index contributed by atoms with van der Waals surface area (Å²) >= 11 is 0. The normalized spacial score (nSPS) is 16.5. The quantitative estimate of drug-likeness (QED) is 0.0676. The number of halogens is 1. The second-order valence-electron chi connectivity index (χ2n) is 16.0. The van der Waals surface area contributed by atoms with E-state index in [1.54, 1.807) is 6.08 Å². The van der Waals surface area contributed by atoms with Crippen molar-refractivity contribution in [3.63, 3.8) is 0 Å². The topological polar surface area (TPSA) is 228 Å². The molecule has 5 aliphatic rings. The molecule has 0 aromatic rings. The summed E-state index contributed by atoms with van der Waals surface area (Å²) in [6.07, 6.45) is 3.69. The van der Waals surface area contributed by atoms with Crippen LogP contribution in [-0.4, -0.2) is 176 Å². The van der Waals surface area contributed by atoms with Gasteiger partial charge in [-0.15, -0.1) is 0 Å². The molecule has 416 valence electrons. The van der Waals surface area contributed by atoms with Gasteiger partial charge < -0.3 is 89.9 Å². The van der Waals surface area contributed by atoms with Gasteiger partial charge in [0, 0.05) is 26.4 Å². The molecule has 5 fully saturated rings. The van der Waals surface area contributed by atoms with Crippen LogP contribution < -0.4 is 17.0 Å². The molecule has 0 spiro atoms. The number of ketones is 3. The average molecular weight is 1120 g/mol. The Morgan fingerprint density at radius 2 is 0.932 bits per heavy atom. The van der Waals surface area contributed by atoms with Crippen molar-refractivity contribution in [1.29, 1.82) is 10.5 Å². The standard InChI is InChI=1S/C10H16O4.C10H18O3.C9H14O3.C8H12O3.C6H11NO2.C4H5NO2.C4H7.CH4.BrH.Mg/c1-8(2)7-10(13-5-6-14-10)9-11-3-4-12-9;1-5-12-10(13-6-2)9(11)7-8(3)4;1-7(2)6-8(10)9-11-4-3-5-12-9;1-6(2)5-7(9)8-10-3-4-11-8;1-3-8-6(5-7)9-4-2;5-3-4-6-1-2-7-4;1-4(2)3;;;/h7,9H,3-6H2,1-2H3;7,10H,5-6H2,1-4H3;6,9H,3-5H2,1-2H3;5,8H,3-4H2,1-2H3;6H,3-4H2,1-2H3;4H,1-2H2;1H,2-3H3;1H4;1H;/q;;;;;;-1;;;+2/p-1. The van der Waals surface area contributed by atoms with Gasteiger partial charge in [-0.05, 0) is 114 Å².